The Bertz CT molecular complexity index is 658. The van der Waals surface area contributed by atoms with Crippen LogP contribution in [-0.2, 0) is 17.8 Å². The number of rotatable bonds is 6. The van der Waals surface area contributed by atoms with Crippen molar-refractivity contribution in [1.82, 2.24) is 15.2 Å². The van der Waals surface area contributed by atoms with Gasteiger partial charge >= 0.3 is 0 Å². The number of piperidine rings is 1. The predicted molar refractivity (Wildman–Crippen MR) is 97.7 cm³/mol. The number of anilines is 1. The molecule has 6 heteroatoms. The van der Waals surface area contributed by atoms with Crippen LogP contribution in [0.25, 0.3) is 0 Å². The number of carbonyl (C=O) groups excluding carboxylic acids is 1. The molecule has 1 fully saturated rings. The summed E-state index contributed by atoms with van der Waals surface area (Å²) in [7, 11) is 0. The molecule has 1 aliphatic rings. The van der Waals surface area contributed by atoms with Crippen molar-refractivity contribution < 1.29 is 4.79 Å². The van der Waals surface area contributed by atoms with Gasteiger partial charge in [0.25, 0.3) is 0 Å². The van der Waals surface area contributed by atoms with Gasteiger partial charge in [0, 0.05) is 24.9 Å². The van der Waals surface area contributed by atoms with E-state index in [1.165, 1.54) is 16.9 Å². The van der Waals surface area contributed by atoms with Crippen LogP contribution in [0.15, 0.2) is 35.7 Å². The fourth-order valence-corrected chi connectivity index (χ4v) is 3.76. The van der Waals surface area contributed by atoms with Gasteiger partial charge in [0.05, 0.1) is 11.7 Å². The number of amides is 1. The van der Waals surface area contributed by atoms with E-state index < -0.39 is 0 Å². The van der Waals surface area contributed by atoms with Crippen molar-refractivity contribution in [3.8, 4) is 0 Å². The second-order valence-electron chi connectivity index (χ2n) is 6.19. The maximum absolute atomic E-state index is 12.6. The Morgan fingerprint density at radius 1 is 1.33 bits per heavy atom. The molecular weight excluding hydrogens is 320 g/mol. The Morgan fingerprint density at radius 3 is 2.92 bits per heavy atom. The van der Waals surface area contributed by atoms with E-state index in [4.69, 9.17) is 5.73 Å². The molecule has 24 heavy (non-hydrogen) atoms. The minimum Gasteiger partial charge on any atom is -0.375 e. The number of benzene rings is 1. The highest BCUT2D eigenvalue weighted by molar-refractivity contribution is 7.13. The molecular formula is C18H24N4OS. The van der Waals surface area contributed by atoms with Crippen molar-refractivity contribution in [3.05, 3.63) is 47.0 Å². The normalized spacial score (nSPS) is 18.4. The molecule has 0 radical (unpaired) electrons. The van der Waals surface area contributed by atoms with Crippen LogP contribution >= 0.6 is 11.3 Å². The zero-order valence-electron chi connectivity index (χ0n) is 13.8. The molecule has 1 aliphatic heterocycles. The Kier molecular flexibility index (Phi) is 5.82. The van der Waals surface area contributed by atoms with Gasteiger partial charge in [-0.25, -0.2) is 4.98 Å². The lowest BCUT2D eigenvalue weighted by atomic mass is 10.0. The zero-order valence-corrected chi connectivity index (χ0v) is 14.6. The van der Waals surface area contributed by atoms with Crippen molar-refractivity contribution in [1.29, 1.82) is 0 Å². The lowest BCUT2D eigenvalue weighted by Gasteiger charge is -2.34. The van der Waals surface area contributed by atoms with Crippen LogP contribution in [0.5, 0.6) is 0 Å². The highest BCUT2D eigenvalue weighted by Gasteiger charge is 2.28. The Labute approximate surface area is 146 Å². The van der Waals surface area contributed by atoms with E-state index in [0.29, 0.717) is 11.7 Å². The molecule has 1 saturated heterocycles. The van der Waals surface area contributed by atoms with Gasteiger partial charge in [-0.1, -0.05) is 36.8 Å². The number of nitrogens with two attached hydrogens (primary N) is 1. The maximum Gasteiger partial charge on any atom is 0.237 e. The fourth-order valence-electron chi connectivity index (χ4n) is 3.16. The highest BCUT2D eigenvalue weighted by atomic mass is 32.1. The summed E-state index contributed by atoms with van der Waals surface area (Å²) >= 11 is 1.44. The molecule has 2 aromatic rings. The summed E-state index contributed by atoms with van der Waals surface area (Å²) in [5.74, 6) is 0.133. The smallest absolute Gasteiger partial charge is 0.237 e. The molecule has 0 unspecified atom stereocenters. The lowest BCUT2D eigenvalue weighted by molar-refractivity contribution is -0.127. The molecule has 1 aromatic heterocycles. The molecule has 0 saturated carbocycles. The van der Waals surface area contributed by atoms with Crippen LogP contribution in [-0.4, -0.2) is 34.9 Å². The van der Waals surface area contributed by atoms with Crippen molar-refractivity contribution in [2.75, 3.05) is 18.8 Å². The SMILES string of the molecule is Nc1nc(CCNC(=O)[C@H]2CCCCN2Cc2ccccc2)cs1. The van der Waals surface area contributed by atoms with E-state index in [9.17, 15) is 4.79 Å². The Morgan fingerprint density at radius 2 is 2.17 bits per heavy atom. The first-order chi connectivity index (χ1) is 11.7. The fraction of sp³-hybridized carbons (Fsp3) is 0.444. The third kappa shape index (κ3) is 4.55. The molecule has 1 amide bonds. The van der Waals surface area contributed by atoms with E-state index in [-0.39, 0.29) is 11.9 Å². The molecule has 0 aliphatic carbocycles. The van der Waals surface area contributed by atoms with Crippen LogP contribution in [0.3, 0.4) is 0 Å². The molecule has 0 spiro atoms. The number of nitrogens with one attached hydrogen (secondary N) is 1. The number of thiazole rings is 1. The third-order valence-corrected chi connectivity index (χ3v) is 5.12. The van der Waals surface area contributed by atoms with E-state index in [1.807, 2.05) is 23.6 Å². The number of carbonyl (C=O) groups is 1. The number of likely N-dealkylation sites (tertiary alicyclic amines) is 1. The average Bonchev–Trinajstić information content (AvgIpc) is 3.01. The summed E-state index contributed by atoms with van der Waals surface area (Å²) in [6.07, 6.45) is 3.94. The average molecular weight is 344 g/mol. The second-order valence-corrected chi connectivity index (χ2v) is 7.08. The molecule has 3 rings (SSSR count). The van der Waals surface area contributed by atoms with Crippen molar-refractivity contribution in [3.63, 3.8) is 0 Å². The van der Waals surface area contributed by atoms with Crippen molar-refractivity contribution in [2.45, 2.75) is 38.3 Å². The molecule has 5 nitrogen and oxygen atoms in total. The molecule has 0 bridgehead atoms. The van der Waals surface area contributed by atoms with E-state index in [0.717, 1.165) is 44.5 Å². The standard InChI is InChI=1S/C18H24N4OS/c19-18-21-15(13-24-18)9-10-20-17(23)16-8-4-5-11-22(16)12-14-6-2-1-3-7-14/h1-3,6-7,13,16H,4-5,8-12H2,(H2,19,21)(H,20,23)/t16-/m1/s1. The predicted octanol–water partition coefficient (Wildman–Crippen LogP) is 2.44. The first kappa shape index (κ1) is 16.9. The summed E-state index contributed by atoms with van der Waals surface area (Å²) in [6, 6.07) is 10.3. The van der Waals surface area contributed by atoms with Gasteiger partial charge in [0.1, 0.15) is 0 Å². The topological polar surface area (TPSA) is 71.2 Å². The Balaban J connectivity index is 1.53. The van der Waals surface area contributed by atoms with Crippen LogP contribution < -0.4 is 11.1 Å². The Hall–Kier alpha value is -1.92. The van der Waals surface area contributed by atoms with Gasteiger partial charge in [-0.2, -0.15) is 0 Å². The van der Waals surface area contributed by atoms with Crippen LogP contribution in [0.2, 0.25) is 0 Å². The van der Waals surface area contributed by atoms with Gasteiger partial charge < -0.3 is 11.1 Å². The monoisotopic (exact) mass is 344 g/mol. The van der Waals surface area contributed by atoms with Gasteiger partial charge in [0.2, 0.25) is 5.91 Å². The van der Waals surface area contributed by atoms with E-state index >= 15 is 0 Å². The minimum atomic E-state index is -0.0283. The molecule has 1 atom stereocenters. The largest absolute Gasteiger partial charge is 0.375 e. The number of hydrogen-bond acceptors (Lipinski definition) is 5. The van der Waals surface area contributed by atoms with Crippen LogP contribution in [0, 0.1) is 0 Å². The second kappa shape index (κ2) is 8.26. The highest BCUT2D eigenvalue weighted by Crippen LogP contribution is 2.20. The van der Waals surface area contributed by atoms with Gasteiger partial charge in [-0.15, -0.1) is 11.3 Å². The van der Waals surface area contributed by atoms with Crippen LogP contribution in [0.4, 0.5) is 5.13 Å². The van der Waals surface area contributed by atoms with Gasteiger partial charge in [-0.05, 0) is 24.9 Å². The van der Waals surface area contributed by atoms with E-state index in [1.54, 1.807) is 0 Å². The summed E-state index contributed by atoms with van der Waals surface area (Å²) in [6.45, 7) is 2.43. The van der Waals surface area contributed by atoms with Crippen molar-refractivity contribution in [2.24, 2.45) is 0 Å². The maximum atomic E-state index is 12.6. The minimum absolute atomic E-state index is 0.0283. The molecule has 2 heterocycles. The number of aromatic nitrogens is 1. The molecule has 3 N–H and O–H groups in total. The number of hydrogen-bond donors (Lipinski definition) is 2. The first-order valence-electron chi connectivity index (χ1n) is 8.48. The lowest BCUT2D eigenvalue weighted by Crippen LogP contribution is -2.49. The van der Waals surface area contributed by atoms with E-state index in [2.05, 4.69) is 27.3 Å². The first-order valence-corrected chi connectivity index (χ1v) is 9.36. The zero-order chi connectivity index (χ0) is 16.8. The van der Waals surface area contributed by atoms with Crippen LogP contribution in [0.1, 0.15) is 30.5 Å². The van der Waals surface area contributed by atoms with Gasteiger partial charge in [-0.3, -0.25) is 9.69 Å². The number of nitrogen functional groups attached to an aromatic ring is 1. The summed E-state index contributed by atoms with van der Waals surface area (Å²) in [4.78, 5) is 19.1. The summed E-state index contributed by atoms with van der Waals surface area (Å²) in [5, 5.41) is 5.60. The molecule has 128 valence electrons. The van der Waals surface area contributed by atoms with Crippen molar-refractivity contribution >= 4 is 22.4 Å². The summed E-state index contributed by atoms with van der Waals surface area (Å²) < 4.78 is 0. The van der Waals surface area contributed by atoms with Gasteiger partial charge in [0.15, 0.2) is 5.13 Å². The summed E-state index contributed by atoms with van der Waals surface area (Å²) in [5.41, 5.74) is 7.84. The number of nitrogens with zero attached hydrogens (tertiary/aromatic N) is 2. The quantitative estimate of drug-likeness (QED) is 0.844. The molecule has 1 aromatic carbocycles. The third-order valence-electron chi connectivity index (χ3n) is 4.39.